The van der Waals surface area contributed by atoms with Crippen LogP contribution in [-0.2, 0) is 0 Å². The van der Waals surface area contributed by atoms with Gasteiger partial charge in [-0.3, -0.25) is 0 Å². The summed E-state index contributed by atoms with van der Waals surface area (Å²) in [7, 11) is -2.17. The Balaban J connectivity index is -0.00000000161. The summed E-state index contributed by atoms with van der Waals surface area (Å²) >= 11 is 0. The van der Waals surface area contributed by atoms with E-state index in [1.807, 2.05) is 0 Å². The van der Waals surface area contributed by atoms with Crippen molar-refractivity contribution in [3.05, 3.63) is 0 Å². The molecule has 0 spiro atoms. The van der Waals surface area contributed by atoms with Gasteiger partial charge in [0, 0.05) is 0 Å². The van der Waals surface area contributed by atoms with Crippen LogP contribution in [0.5, 0.6) is 0 Å². The van der Waals surface area contributed by atoms with Gasteiger partial charge in [0.05, 0.1) is 0 Å². The van der Waals surface area contributed by atoms with Gasteiger partial charge in [-0.25, -0.2) is 0 Å². The van der Waals surface area contributed by atoms with Gasteiger partial charge in [-0.2, -0.15) is 0 Å². The number of rotatable bonds is 0. The average Bonchev–Trinajstić information content (AvgIpc) is 0.811. The van der Waals surface area contributed by atoms with E-state index in [0.29, 0.717) is 0 Å². The van der Waals surface area contributed by atoms with Crippen LogP contribution in [0.1, 0.15) is 0 Å². The maximum atomic E-state index is 7.17. The molecule has 15 N–H and O–H groups in total. The van der Waals surface area contributed by atoms with Crippen LogP contribution in [0.3, 0.4) is 0 Å². The predicted molar refractivity (Wildman–Crippen MR) is 48.4 cm³/mol. The summed E-state index contributed by atoms with van der Waals surface area (Å²) in [5.41, 5.74) is 0. The van der Waals surface area contributed by atoms with E-state index in [0.717, 1.165) is 0 Å². The Bertz CT molecular complexity index is 17.2. The van der Waals surface area contributed by atoms with Gasteiger partial charge in [0.15, 0.2) is 0 Å². The topological polar surface area (TPSA) is 250 Å². The molecule has 12 heteroatoms. The molecule has 0 radical (unpaired) electrons. The maximum absolute atomic E-state index is 7.17. The summed E-state index contributed by atoms with van der Waals surface area (Å²) in [6, 6.07) is 0. The first-order chi connectivity index (χ1) is 1.73. The molecule has 0 amide bonds. The van der Waals surface area contributed by atoms with Crippen molar-refractivity contribution >= 4 is 66.4 Å². The minimum absolute atomic E-state index is 0. The zero-order chi connectivity index (χ0) is 3.58. The molecule has 0 bridgehead atoms. The number of hydrogen-bond acceptors (Lipinski definition) is 3. The van der Waals surface area contributed by atoms with Crippen molar-refractivity contribution in [1.82, 2.24) is 0 Å². The molecule has 0 saturated carbocycles. The van der Waals surface area contributed by atoms with Gasteiger partial charge in [-0.15, -0.1) is 0 Å². The normalized spacial score (nSPS) is 2.25. The van der Waals surface area contributed by atoms with Crippen LogP contribution in [0.2, 0.25) is 0 Å². The van der Waals surface area contributed by atoms with E-state index in [-0.39, 0.29) is 92.0 Å². The first-order valence-electron chi connectivity index (χ1n) is 0.775. The van der Waals surface area contributed by atoms with Gasteiger partial charge in [0.1, 0.15) is 0 Å². The summed E-state index contributed by atoms with van der Waals surface area (Å²) < 4.78 is 0. The Kier molecular flexibility index (Phi) is 655. The zero-order valence-electron chi connectivity index (χ0n) is 4.92. The summed E-state index contributed by atoms with van der Waals surface area (Å²) in [6.45, 7) is 0. The Morgan fingerprint density at radius 2 is 0.500 bits per heavy atom. The third kappa shape index (κ3) is 461. The molecule has 76 valence electrons. The molecule has 0 saturated heterocycles. The van der Waals surface area contributed by atoms with Gasteiger partial charge >= 0.3 is 66.4 Å². The van der Waals surface area contributed by atoms with E-state index in [1.54, 1.807) is 0 Å². The summed E-state index contributed by atoms with van der Waals surface area (Å²) in [5, 5.41) is 21.5. The summed E-state index contributed by atoms with van der Waals surface area (Å²) in [5.74, 6) is 0. The fraction of sp³-hybridized carbons (Fsp3) is 0. The molecule has 0 aromatic heterocycles. The Hall–Kier alpha value is 1.70. The van der Waals surface area contributed by atoms with Crippen molar-refractivity contribution in [3.8, 4) is 0 Å². The van der Waals surface area contributed by atoms with Crippen LogP contribution in [0.4, 0.5) is 0 Å². The fourth-order valence-electron chi connectivity index (χ4n) is 0. The molecule has 0 atom stereocenters. The Morgan fingerprint density at radius 3 is 0.500 bits per heavy atom. The summed E-state index contributed by atoms with van der Waals surface area (Å²) in [4.78, 5) is 0. The molecule has 0 unspecified atom stereocenters. The van der Waals surface area contributed by atoms with Crippen LogP contribution in [0.15, 0.2) is 0 Å². The molecular weight excluding hydrogens is 201 g/mol. The first-order valence-corrected chi connectivity index (χ1v) is 0.775. The van der Waals surface area contributed by atoms with Gasteiger partial charge < -0.3 is 47.9 Å². The van der Waals surface area contributed by atoms with E-state index >= 15 is 0 Å². The monoisotopic (exact) mass is 218 g/mol. The van der Waals surface area contributed by atoms with Crippen molar-refractivity contribution < 1.29 is 47.9 Å². The molecule has 0 heterocycles. The van der Waals surface area contributed by atoms with Gasteiger partial charge in [-0.1, -0.05) is 0 Å². The molecule has 0 aliphatic rings. The van der Waals surface area contributed by atoms with E-state index < -0.39 is 7.32 Å². The summed E-state index contributed by atoms with van der Waals surface area (Å²) in [6.07, 6.45) is 0. The van der Waals surface area contributed by atoms with Crippen LogP contribution in [-0.4, -0.2) is 114 Å². The van der Waals surface area contributed by atoms with Gasteiger partial charge in [-0.05, 0) is 0 Å². The van der Waals surface area contributed by atoms with Crippen molar-refractivity contribution in [2.45, 2.75) is 0 Å². The predicted octanol–water partition coefficient (Wildman–Crippen LogP) is -8.30. The average molecular weight is 218 g/mol. The Labute approximate surface area is 113 Å². The van der Waals surface area contributed by atoms with Crippen LogP contribution < -0.4 is 0 Å². The molecule has 9 nitrogen and oxygen atoms in total. The molecule has 12 heavy (non-hydrogen) atoms. The fourth-order valence-corrected chi connectivity index (χ4v) is 0. The van der Waals surface area contributed by atoms with Crippen molar-refractivity contribution in [2.24, 2.45) is 0 Å². The van der Waals surface area contributed by atoms with Crippen LogP contribution >= 0.6 is 0 Å². The molecule has 0 rings (SSSR count). The third-order valence-corrected chi connectivity index (χ3v) is 0. The molecule has 0 aliphatic carbocycles. The van der Waals surface area contributed by atoms with E-state index in [4.69, 9.17) is 15.1 Å². The molecular formula is H17BNa2O9. The second-order valence-electron chi connectivity index (χ2n) is 0.346. The first kappa shape index (κ1) is 99.9. The number of hydrogen-bond donors (Lipinski definition) is 3. The SMILES string of the molecule is O.O.O.O.O.O.OB(O)O.[NaH].[NaH]. The van der Waals surface area contributed by atoms with Gasteiger partial charge in [0.25, 0.3) is 0 Å². The van der Waals surface area contributed by atoms with Gasteiger partial charge in [0.2, 0.25) is 0 Å². The molecule has 0 aromatic rings. The standard InChI is InChI=1S/BH3O3.2Na.6H2O.2H/c2-1(3)4;;;;;;;;;;/h2-4H;;;6*1H2;;. The van der Waals surface area contributed by atoms with Crippen LogP contribution in [0.25, 0.3) is 0 Å². The van der Waals surface area contributed by atoms with E-state index in [2.05, 4.69) is 0 Å². The van der Waals surface area contributed by atoms with E-state index in [9.17, 15) is 0 Å². The van der Waals surface area contributed by atoms with Crippen LogP contribution in [0, 0.1) is 0 Å². The third-order valence-electron chi connectivity index (χ3n) is 0. The van der Waals surface area contributed by atoms with Crippen molar-refractivity contribution in [3.63, 3.8) is 0 Å². The molecule has 0 aromatic carbocycles. The quantitative estimate of drug-likeness (QED) is 0.335. The second-order valence-corrected chi connectivity index (χ2v) is 0.346. The zero-order valence-corrected chi connectivity index (χ0v) is 4.92. The van der Waals surface area contributed by atoms with Crippen molar-refractivity contribution in [1.29, 1.82) is 0 Å². The molecule has 0 fully saturated rings. The minimum atomic E-state index is -2.17. The van der Waals surface area contributed by atoms with Crippen molar-refractivity contribution in [2.75, 3.05) is 0 Å². The molecule has 0 aliphatic heterocycles. The Morgan fingerprint density at radius 1 is 0.500 bits per heavy atom. The second kappa shape index (κ2) is 78.6. The van der Waals surface area contributed by atoms with E-state index in [1.165, 1.54) is 0 Å².